The zero-order valence-electron chi connectivity index (χ0n) is 21.7. The van der Waals surface area contributed by atoms with Crippen LogP contribution in [-0.2, 0) is 20.0 Å². The van der Waals surface area contributed by atoms with E-state index >= 15 is 0 Å². The SMILES string of the molecule is C=S(=O)(Cc1cc(N2CCOC[C@@H]2C)nc(-c2ccc(NC(=O)Oc3ccccc3)cc2)n1)c1ccccc1. The fraction of sp³-hybridized carbons (Fsp3) is 0.200. The van der Waals surface area contributed by atoms with E-state index in [1.165, 1.54) is 0 Å². The van der Waals surface area contributed by atoms with Crippen molar-refractivity contribution < 1.29 is 18.5 Å². The monoisotopic (exact) mass is 542 g/mol. The maximum atomic E-state index is 13.6. The van der Waals surface area contributed by atoms with Crippen molar-refractivity contribution in [2.45, 2.75) is 23.6 Å². The second kappa shape index (κ2) is 11.7. The third-order valence-corrected chi connectivity index (χ3v) is 8.22. The van der Waals surface area contributed by atoms with Crippen molar-refractivity contribution in [2.24, 2.45) is 0 Å². The normalized spacial score (nSPS) is 16.7. The summed E-state index contributed by atoms with van der Waals surface area (Å²) in [6.45, 7) is 3.99. The molecule has 1 aliphatic heterocycles. The average molecular weight is 543 g/mol. The molecule has 1 amide bonds. The quantitative estimate of drug-likeness (QED) is 0.319. The Morgan fingerprint density at radius 2 is 1.74 bits per heavy atom. The van der Waals surface area contributed by atoms with Crippen LogP contribution in [0.2, 0.25) is 0 Å². The number of aromatic nitrogens is 2. The summed E-state index contributed by atoms with van der Waals surface area (Å²) in [6, 6.07) is 27.4. The first-order valence-electron chi connectivity index (χ1n) is 12.6. The summed E-state index contributed by atoms with van der Waals surface area (Å²) in [5, 5.41) is 2.73. The number of nitrogens with one attached hydrogen (secondary N) is 1. The Morgan fingerprint density at radius 1 is 1.05 bits per heavy atom. The molecule has 1 unspecified atom stereocenters. The number of anilines is 2. The number of benzene rings is 3. The van der Waals surface area contributed by atoms with E-state index in [1.54, 1.807) is 36.4 Å². The van der Waals surface area contributed by atoms with Gasteiger partial charge < -0.3 is 14.4 Å². The van der Waals surface area contributed by atoms with E-state index in [1.807, 2.05) is 54.6 Å². The summed E-state index contributed by atoms with van der Waals surface area (Å²) in [5.41, 5.74) is 1.98. The molecule has 5 rings (SSSR count). The summed E-state index contributed by atoms with van der Waals surface area (Å²) in [7, 11) is -2.61. The van der Waals surface area contributed by atoms with E-state index in [2.05, 4.69) is 23.0 Å². The van der Waals surface area contributed by atoms with E-state index in [-0.39, 0.29) is 11.8 Å². The molecule has 0 aliphatic carbocycles. The lowest BCUT2D eigenvalue weighted by molar-refractivity contribution is 0.0985. The van der Waals surface area contributed by atoms with Crippen molar-refractivity contribution in [1.29, 1.82) is 0 Å². The lowest BCUT2D eigenvalue weighted by atomic mass is 10.2. The number of carbonyl (C=O) groups excluding carboxylic acids is 1. The Bertz CT molecular complexity index is 1530. The van der Waals surface area contributed by atoms with Crippen molar-refractivity contribution in [3.63, 3.8) is 0 Å². The molecule has 1 aliphatic rings. The Kier molecular flexibility index (Phi) is 7.90. The van der Waals surface area contributed by atoms with E-state index in [0.717, 1.165) is 11.4 Å². The number of carbonyl (C=O) groups is 1. The molecule has 1 fully saturated rings. The number of rotatable bonds is 7. The second-order valence-electron chi connectivity index (χ2n) is 9.33. The van der Waals surface area contributed by atoms with E-state index in [9.17, 15) is 9.00 Å². The number of nitrogens with zero attached hydrogens (tertiary/aromatic N) is 3. The van der Waals surface area contributed by atoms with E-state index in [0.29, 0.717) is 47.6 Å². The predicted octanol–water partition coefficient (Wildman–Crippen LogP) is 5.26. The number of para-hydroxylation sites is 1. The van der Waals surface area contributed by atoms with Crippen LogP contribution in [0.4, 0.5) is 16.3 Å². The minimum Gasteiger partial charge on any atom is -0.410 e. The lowest BCUT2D eigenvalue weighted by Crippen LogP contribution is -2.44. The highest BCUT2D eigenvalue weighted by Gasteiger charge is 2.23. The standard InChI is InChI=1S/C30H30N4O4S/c1-22-20-37-18-17-34(22)28-19-25(21-39(2,36)27-11-7-4-8-12-27)31-29(33-28)23-13-15-24(16-14-23)32-30(35)38-26-9-5-3-6-10-26/h3-16,19,22H,2,17-18,20-21H2,1H3,(H,32,35)/t22-,39?/m0/s1. The molecular weight excluding hydrogens is 512 g/mol. The Labute approximate surface area is 228 Å². The number of hydrogen-bond donors (Lipinski definition) is 1. The molecule has 39 heavy (non-hydrogen) atoms. The van der Waals surface area contributed by atoms with E-state index < -0.39 is 15.6 Å². The Balaban J connectivity index is 1.41. The third kappa shape index (κ3) is 6.63. The first-order valence-corrected chi connectivity index (χ1v) is 14.5. The molecule has 8 nitrogen and oxygen atoms in total. The largest absolute Gasteiger partial charge is 0.417 e. The van der Waals surface area contributed by atoms with Gasteiger partial charge in [0.25, 0.3) is 0 Å². The maximum absolute atomic E-state index is 13.6. The lowest BCUT2D eigenvalue weighted by Gasteiger charge is -2.34. The van der Waals surface area contributed by atoms with Crippen LogP contribution < -0.4 is 15.0 Å². The summed E-state index contributed by atoms with van der Waals surface area (Å²) in [6.07, 6.45) is -0.582. The Hall–Kier alpha value is -4.21. The van der Waals surface area contributed by atoms with Crippen LogP contribution >= 0.6 is 0 Å². The molecule has 1 aromatic heterocycles. The number of hydrogen-bond acceptors (Lipinski definition) is 7. The molecule has 0 bridgehead atoms. The van der Waals surface area contributed by atoms with Gasteiger partial charge in [-0.25, -0.2) is 14.8 Å². The van der Waals surface area contributed by atoms with Gasteiger partial charge in [0.2, 0.25) is 0 Å². The van der Waals surface area contributed by atoms with Gasteiger partial charge in [-0.3, -0.25) is 9.53 Å². The molecule has 1 saturated heterocycles. The van der Waals surface area contributed by atoms with Crippen molar-refractivity contribution in [1.82, 2.24) is 9.97 Å². The van der Waals surface area contributed by atoms with Gasteiger partial charge in [0.15, 0.2) is 5.82 Å². The molecule has 0 saturated carbocycles. The van der Waals surface area contributed by atoms with Crippen LogP contribution in [0.25, 0.3) is 11.4 Å². The first kappa shape index (κ1) is 26.4. The molecule has 9 heteroatoms. The molecule has 200 valence electrons. The van der Waals surface area contributed by atoms with Crippen molar-refractivity contribution in [3.8, 4) is 17.1 Å². The van der Waals surface area contributed by atoms with Gasteiger partial charge in [0.1, 0.15) is 11.6 Å². The molecule has 0 radical (unpaired) electrons. The first-order chi connectivity index (χ1) is 18.9. The van der Waals surface area contributed by atoms with Crippen LogP contribution in [0.1, 0.15) is 12.6 Å². The van der Waals surface area contributed by atoms with E-state index in [4.69, 9.17) is 19.4 Å². The highest BCUT2D eigenvalue weighted by atomic mass is 32.2. The molecule has 0 spiro atoms. The molecule has 2 atom stereocenters. The molecular formula is C30H30N4O4S. The molecule has 1 N–H and O–H groups in total. The van der Waals surface area contributed by atoms with Crippen molar-refractivity contribution >= 4 is 33.0 Å². The zero-order chi connectivity index (χ0) is 27.2. The minimum absolute atomic E-state index is 0.134. The highest BCUT2D eigenvalue weighted by molar-refractivity contribution is 7.99. The fourth-order valence-electron chi connectivity index (χ4n) is 4.33. The van der Waals surface area contributed by atoms with Gasteiger partial charge in [-0.1, -0.05) is 36.4 Å². The average Bonchev–Trinajstić information content (AvgIpc) is 2.94. The fourth-order valence-corrected chi connectivity index (χ4v) is 5.78. The maximum Gasteiger partial charge on any atom is 0.417 e. The molecule has 4 aromatic rings. The van der Waals surface area contributed by atoms with Gasteiger partial charge >= 0.3 is 6.09 Å². The van der Waals surface area contributed by atoms with Gasteiger partial charge in [-0.05, 0) is 61.3 Å². The van der Waals surface area contributed by atoms with Crippen LogP contribution in [-0.4, -0.2) is 51.9 Å². The minimum atomic E-state index is -2.61. The number of morpholine rings is 1. The second-order valence-corrected chi connectivity index (χ2v) is 11.7. The van der Waals surface area contributed by atoms with Gasteiger partial charge in [0, 0.05) is 38.3 Å². The van der Waals surface area contributed by atoms with Crippen LogP contribution in [0.3, 0.4) is 0 Å². The predicted molar refractivity (Wildman–Crippen MR) is 155 cm³/mol. The van der Waals surface area contributed by atoms with Crippen LogP contribution in [0, 0.1) is 0 Å². The molecule has 3 aromatic carbocycles. The van der Waals surface area contributed by atoms with Crippen molar-refractivity contribution in [3.05, 3.63) is 96.7 Å². The van der Waals surface area contributed by atoms with Crippen LogP contribution in [0.15, 0.2) is 95.9 Å². The van der Waals surface area contributed by atoms with Gasteiger partial charge in [-0.15, -0.1) is 0 Å². The van der Waals surface area contributed by atoms with Gasteiger partial charge in [0.05, 0.1) is 30.7 Å². The summed E-state index contributed by atoms with van der Waals surface area (Å²) >= 11 is 0. The third-order valence-electron chi connectivity index (χ3n) is 6.32. The topological polar surface area (TPSA) is 93.7 Å². The highest BCUT2D eigenvalue weighted by Crippen LogP contribution is 2.26. The molecule has 2 heterocycles. The number of ether oxygens (including phenoxy) is 2. The smallest absolute Gasteiger partial charge is 0.410 e. The Morgan fingerprint density at radius 3 is 2.44 bits per heavy atom. The number of amides is 1. The van der Waals surface area contributed by atoms with Crippen LogP contribution in [0.5, 0.6) is 5.75 Å². The van der Waals surface area contributed by atoms with Crippen molar-refractivity contribution in [2.75, 3.05) is 30.0 Å². The summed E-state index contributed by atoms with van der Waals surface area (Å²) in [4.78, 5) is 24.8. The zero-order valence-corrected chi connectivity index (χ0v) is 22.5. The summed E-state index contributed by atoms with van der Waals surface area (Å²) in [5.74, 6) is 5.94. The summed E-state index contributed by atoms with van der Waals surface area (Å²) < 4.78 is 24.5. The van der Waals surface area contributed by atoms with Gasteiger partial charge in [-0.2, -0.15) is 0 Å².